The Morgan fingerprint density at radius 1 is 1.03 bits per heavy atom. The first-order chi connectivity index (χ1) is 14.3. The molecule has 1 aromatic carbocycles. The van der Waals surface area contributed by atoms with E-state index < -0.39 is 17.4 Å². The molecule has 0 N–H and O–H groups in total. The number of hydrogen-bond acceptors (Lipinski definition) is 6. The van der Waals surface area contributed by atoms with Crippen LogP contribution in [0.3, 0.4) is 0 Å². The van der Waals surface area contributed by atoms with Crippen LogP contribution in [0, 0.1) is 5.92 Å². The van der Waals surface area contributed by atoms with Gasteiger partial charge in [-0.25, -0.2) is 4.79 Å². The lowest BCUT2D eigenvalue weighted by molar-refractivity contribution is -0.146. The predicted molar refractivity (Wildman–Crippen MR) is 126 cm³/mol. The third kappa shape index (κ3) is 7.42. The van der Waals surface area contributed by atoms with Crippen LogP contribution in [0.25, 0.3) is 0 Å². The molecule has 0 aliphatic rings. The second kappa shape index (κ2) is 11.2. The predicted octanol–water partition coefficient (Wildman–Crippen LogP) is 5.97. The van der Waals surface area contributed by atoms with Gasteiger partial charge in [-0.2, -0.15) is 0 Å². The number of rotatable bonds is 9. The number of nitrogens with zero attached hydrogens (tertiary/aromatic N) is 1. The van der Waals surface area contributed by atoms with Crippen molar-refractivity contribution in [2.75, 3.05) is 20.0 Å². The third-order valence-electron chi connectivity index (χ3n) is 4.92. The number of carbonyl (C=O) groups is 2. The Balaban J connectivity index is 3.34. The molecule has 2 atom stereocenters. The second-order valence-corrected chi connectivity index (χ2v) is 10.1. The van der Waals surface area contributed by atoms with E-state index >= 15 is 0 Å². The molecule has 0 spiro atoms. The molecule has 0 aliphatic carbocycles. The zero-order valence-corrected chi connectivity index (χ0v) is 21.5. The van der Waals surface area contributed by atoms with Gasteiger partial charge in [0.05, 0.1) is 12.5 Å². The molecule has 176 valence electrons. The smallest absolute Gasteiger partial charge is 0.413 e. The molecule has 0 aromatic heterocycles. The monoisotopic (exact) mass is 453 g/mol. The highest BCUT2D eigenvalue weighted by molar-refractivity contribution is 7.98. The van der Waals surface area contributed by atoms with Crippen LogP contribution in [-0.4, -0.2) is 48.3 Å². The molecule has 2 unspecified atom stereocenters. The molecule has 1 rings (SSSR count). The number of esters is 1. The summed E-state index contributed by atoms with van der Waals surface area (Å²) >= 11 is 1.52. The number of thioether (sulfide) groups is 1. The van der Waals surface area contributed by atoms with Crippen molar-refractivity contribution >= 4 is 23.8 Å². The van der Waals surface area contributed by atoms with Crippen LogP contribution in [-0.2, 0) is 19.0 Å². The first kappa shape index (κ1) is 27.3. The Labute approximate surface area is 192 Å². The van der Waals surface area contributed by atoms with Crippen molar-refractivity contribution in [3.63, 3.8) is 0 Å². The normalized spacial score (nSPS) is 14.2. The van der Waals surface area contributed by atoms with Gasteiger partial charge in [0.15, 0.2) is 0 Å². The molecule has 0 bridgehead atoms. The Morgan fingerprint density at radius 3 is 1.94 bits per heavy atom. The minimum Gasteiger partial charge on any atom is -0.466 e. The largest absolute Gasteiger partial charge is 0.466 e. The van der Waals surface area contributed by atoms with Gasteiger partial charge in [0.25, 0.3) is 0 Å². The van der Waals surface area contributed by atoms with E-state index in [2.05, 4.69) is 0 Å². The molecule has 0 radical (unpaired) electrons. The summed E-state index contributed by atoms with van der Waals surface area (Å²) in [6, 6.07) is 7.78. The van der Waals surface area contributed by atoms with Crippen molar-refractivity contribution in [1.29, 1.82) is 0 Å². The van der Waals surface area contributed by atoms with E-state index in [1.54, 1.807) is 12.0 Å². The van der Waals surface area contributed by atoms with Gasteiger partial charge in [0, 0.05) is 7.11 Å². The number of amides is 1. The summed E-state index contributed by atoms with van der Waals surface area (Å²) in [6.45, 7) is 15.4. The van der Waals surface area contributed by atoms with Crippen molar-refractivity contribution in [3.8, 4) is 0 Å². The maximum absolute atomic E-state index is 13.1. The summed E-state index contributed by atoms with van der Waals surface area (Å²) in [5.41, 5.74) is 0.293. The zero-order chi connectivity index (χ0) is 24.0. The maximum atomic E-state index is 13.1. The lowest BCUT2D eigenvalue weighted by Crippen LogP contribution is -2.51. The molecular formula is C24H39NO5S. The number of carbonyl (C=O) groups excluding carboxylic acids is 2. The van der Waals surface area contributed by atoms with Gasteiger partial charge in [-0.15, -0.1) is 11.8 Å². The number of benzene rings is 1. The fraction of sp³-hybridized carbons (Fsp3) is 0.667. The summed E-state index contributed by atoms with van der Waals surface area (Å²) in [5.74, 6) is -0.450. The van der Waals surface area contributed by atoms with E-state index in [-0.39, 0.29) is 23.2 Å². The van der Waals surface area contributed by atoms with Crippen molar-refractivity contribution in [1.82, 2.24) is 4.90 Å². The molecular weight excluding hydrogens is 414 g/mol. The average molecular weight is 454 g/mol. The van der Waals surface area contributed by atoms with Crippen LogP contribution >= 0.6 is 11.8 Å². The maximum Gasteiger partial charge on any atom is 0.413 e. The molecule has 0 saturated carbocycles. The molecule has 0 heterocycles. The lowest BCUT2D eigenvalue weighted by atomic mass is 9.88. The van der Waals surface area contributed by atoms with Gasteiger partial charge < -0.3 is 14.2 Å². The van der Waals surface area contributed by atoms with Crippen LogP contribution < -0.4 is 0 Å². The van der Waals surface area contributed by atoms with Crippen LogP contribution in [0.4, 0.5) is 4.79 Å². The Kier molecular flexibility index (Phi) is 9.89. The highest BCUT2D eigenvalue weighted by Gasteiger charge is 2.40. The fourth-order valence-electron chi connectivity index (χ4n) is 3.29. The molecule has 0 fully saturated rings. The van der Waals surface area contributed by atoms with Gasteiger partial charge in [0.2, 0.25) is 0 Å². The zero-order valence-electron chi connectivity index (χ0n) is 20.6. The van der Waals surface area contributed by atoms with Gasteiger partial charge in [-0.3, -0.25) is 9.69 Å². The van der Waals surface area contributed by atoms with Gasteiger partial charge in [0.1, 0.15) is 16.7 Å². The molecule has 7 heteroatoms. The summed E-state index contributed by atoms with van der Waals surface area (Å²) in [4.78, 5) is 27.2. The van der Waals surface area contributed by atoms with E-state index in [9.17, 15) is 9.59 Å². The average Bonchev–Trinajstić information content (AvgIpc) is 2.65. The second-order valence-electron chi connectivity index (χ2n) is 9.23. The van der Waals surface area contributed by atoms with Crippen molar-refractivity contribution in [3.05, 3.63) is 35.4 Å². The van der Waals surface area contributed by atoms with E-state index in [1.807, 2.05) is 85.9 Å². The summed E-state index contributed by atoms with van der Waals surface area (Å²) < 4.78 is 16.6. The third-order valence-corrected chi connectivity index (χ3v) is 5.85. The summed E-state index contributed by atoms with van der Waals surface area (Å²) in [7, 11) is 1.57. The highest BCUT2D eigenvalue weighted by atomic mass is 32.2. The molecule has 6 nitrogen and oxygen atoms in total. The summed E-state index contributed by atoms with van der Waals surface area (Å²) in [6.07, 6.45) is 1.49. The van der Waals surface area contributed by atoms with Crippen molar-refractivity contribution < 1.29 is 23.8 Å². The minimum absolute atomic E-state index is 0.104. The standard InChI is InChI=1S/C24H39NO5S/c1-11-29-21(26)19(16(2)3)17-12-14-18(15-13-17)20(31-10)25(24(7,8)28-9)22(27)30-23(4,5)6/h12-16,19-20H,11H2,1-10H3. The van der Waals surface area contributed by atoms with E-state index in [0.29, 0.717) is 6.61 Å². The van der Waals surface area contributed by atoms with E-state index in [0.717, 1.165) is 11.1 Å². The van der Waals surface area contributed by atoms with Crippen LogP contribution in [0.2, 0.25) is 0 Å². The van der Waals surface area contributed by atoms with Crippen LogP contribution in [0.5, 0.6) is 0 Å². The topological polar surface area (TPSA) is 65.1 Å². The lowest BCUT2D eigenvalue weighted by Gasteiger charge is -2.42. The molecule has 31 heavy (non-hydrogen) atoms. The Morgan fingerprint density at radius 2 is 1.55 bits per heavy atom. The Hall–Kier alpha value is -1.73. The number of methoxy groups -OCH3 is 1. The molecule has 1 amide bonds. The van der Waals surface area contributed by atoms with Crippen molar-refractivity contribution in [2.45, 2.75) is 78.0 Å². The first-order valence-electron chi connectivity index (χ1n) is 10.7. The summed E-state index contributed by atoms with van der Waals surface area (Å²) in [5, 5.41) is -0.334. The van der Waals surface area contributed by atoms with E-state index in [1.165, 1.54) is 11.8 Å². The van der Waals surface area contributed by atoms with Gasteiger partial charge in [-0.1, -0.05) is 38.1 Å². The molecule has 0 aliphatic heterocycles. The number of ether oxygens (including phenoxy) is 3. The van der Waals surface area contributed by atoms with Crippen LogP contribution in [0.1, 0.15) is 77.8 Å². The molecule has 1 aromatic rings. The fourth-order valence-corrected chi connectivity index (χ4v) is 4.27. The SMILES string of the molecule is CCOC(=O)C(c1ccc(C(SC)N(C(=O)OC(C)(C)C)C(C)(C)OC)cc1)C(C)C. The first-order valence-corrected chi connectivity index (χ1v) is 11.9. The van der Waals surface area contributed by atoms with E-state index in [4.69, 9.17) is 14.2 Å². The quantitative estimate of drug-likeness (QED) is 0.339. The minimum atomic E-state index is -0.889. The Bertz CT molecular complexity index is 724. The van der Waals surface area contributed by atoms with Gasteiger partial charge >= 0.3 is 12.1 Å². The highest BCUT2D eigenvalue weighted by Crippen LogP contribution is 2.38. The van der Waals surface area contributed by atoms with Crippen molar-refractivity contribution in [2.24, 2.45) is 5.92 Å². The van der Waals surface area contributed by atoms with Crippen LogP contribution in [0.15, 0.2) is 24.3 Å². The van der Waals surface area contributed by atoms with Gasteiger partial charge in [-0.05, 0) is 64.8 Å². The molecule has 0 saturated heterocycles. The number of hydrogen-bond donors (Lipinski definition) is 0.